The molecule has 1 atom stereocenters. The van der Waals surface area contributed by atoms with Crippen LogP contribution in [0.5, 0.6) is 11.5 Å². The van der Waals surface area contributed by atoms with E-state index >= 15 is 0 Å². The first-order valence-electron chi connectivity index (χ1n) is 6.04. The van der Waals surface area contributed by atoms with E-state index in [0.717, 1.165) is 5.30 Å². The molecule has 0 radical (unpaired) electrons. The number of rotatable bonds is 5. The molecule has 0 aliphatic carbocycles. The maximum absolute atomic E-state index is 12.7. The third-order valence-electron chi connectivity index (χ3n) is 2.81. The molecule has 0 N–H and O–H groups in total. The molecule has 0 aromatic heterocycles. The predicted molar refractivity (Wildman–Crippen MR) is 92.1 cm³/mol. The fraction of sp³-hybridized carbons (Fsp3) is 0.133. The van der Waals surface area contributed by atoms with E-state index in [1.165, 1.54) is 14.2 Å². The third-order valence-corrected chi connectivity index (χ3v) is 4.78. The summed E-state index contributed by atoms with van der Waals surface area (Å²) in [5.74, 6) is 0.773. The zero-order chi connectivity index (χ0) is 15.4. The minimum atomic E-state index is -0.0851. The zero-order valence-electron chi connectivity index (χ0n) is 13.4. The molecule has 0 spiro atoms. The van der Waals surface area contributed by atoms with Crippen LogP contribution >= 0.6 is 36.1 Å². The van der Waals surface area contributed by atoms with Gasteiger partial charge in [0.15, 0.2) is 11.3 Å². The van der Waals surface area contributed by atoms with E-state index in [1.54, 1.807) is 6.07 Å². The van der Waals surface area contributed by atoms with Gasteiger partial charge in [-0.15, -0.1) is 0 Å². The van der Waals surface area contributed by atoms with Gasteiger partial charge in [0.2, 0.25) is 0 Å². The summed E-state index contributed by atoms with van der Waals surface area (Å²) in [7, 11) is 2.96. The van der Waals surface area contributed by atoms with E-state index in [-0.39, 0.29) is 34.4 Å². The Kier molecular flexibility index (Phi) is 7.97. The molecule has 0 bridgehead atoms. The van der Waals surface area contributed by atoms with Crippen LogP contribution in [0.2, 0.25) is 5.02 Å². The van der Waals surface area contributed by atoms with E-state index in [0.29, 0.717) is 26.6 Å². The topological polar surface area (TPSA) is 35.5 Å². The van der Waals surface area contributed by atoms with Crippen LogP contribution in [0.3, 0.4) is 0 Å². The summed E-state index contributed by atoms with van der Waals surface area (Å²) in [4.78, 5) is 12.7. The Morgan fingerprint density at radius 3 is 2.32 bits per heavy atom. The van der Waals surface area contributed by atoms with Crippen molar-refractivity contribution in [3.8, 4) is 11.5 Å². The molecule has 0 aliphatic rings. The minimum absolute atomic E-state index is 0. The maximum Gasteiger partial charge on any atom is 1.00 e. The molecular formula is C15H14BrClLiO3P. The summed E-state index contributed by atoms with van der Waals surface area (Å²) in [6, 6.07) is 11.2. The second kappa shape index (κ2) is 8.96. The molecule has 2 aromatic rings. The molecule has 0 saturated heterocycles. The largest absolute Gasteiger partial charge is 1.00 e. The van der Waals surface area contributed by atoms with Crippen LogP contribution < -0.4 is 33.6 Å². The van der Waals surface area contributed by atoms with Gasteiger partial charge in [0, 0.05) is 0 Å². The van der Waals surface area contributed by atoms with Crippen LogP contribution in [0, 0.1) is 0 Å². The summed E-state index contributed by atoms with van der Waals surface area (Å²) < 4.78 is 11.2. The molecule has 112 valence electrons. The number of hydrogen-bond donors (Lipinski definition) is 0. The standard InChI is InChI=1S/C15H13BrClO3P.Li.H/c1-19-13-10(16)8-11(17)14(20-2)12(13)15(18)21-9-6-4-3-5-7-9;;/h3-8,21H,1-2H3;;/q;+1;-1. The van der Waals surface area contributed by atoms with Gasteiger partial charge in [-0.05, 0) is 35.9 Å². The van der Waals surface area contributed by atoms with Crippen molar-refractivity contribution in [2.75, 3.05) is 14.2 Å². The number of halogens is 2. The number of hydrogen-bond acceptors (Lipinski definition) is 3. The smallest absolute Gasteiger partial charge is 1.00 e. The molecular weight excluding hydrogens is 381 g/mol. The Morgan fingerprint density at radius 1 is 1.18 bits per heavy atom. The van der Waals surface area contributed by atoms with Crippen LogP contribution in [0.4, 0.5) is 0 Å². The van der Waals surface area contributed by atoms with Crippen molar-refractivity contribution in [2.45, 2.75) is 0 Å². The summed E-state index contributed by atoms with van der Waals surface area (Å²) in [5.41, 5.74) is 0.277. The molecule has 7 heteroatoms. The maximum atomic E-state index is 12.7. The van der Waals surface area contributed by atoms with Gasteiger partial charge < -0.3 is 10.9 Å². The Hall–Kier alpha value is -0.493. The van der Waals surface area contributed by atoms with Gasteiger partial charge in [0.25, 0.3) is 0 Å². The first-order chi connectivity index (χ1) is 10.1. The zero-order valence-corrected chi connectivity index (χ0v) is 15.8. The van der Waals surface area contributed by atoms with Gasteiger partial charge in [0.05, 0.1) is 23.7 Å². The molecule has 1 unspecified atom stereocenters. The average Bonchev–Trinajstić information content (AvgIpc) is 2.47. The molecule has 3 nitrogen and oxygen atoms in total. The van der Waals surface area contributed by atoms with E-state index in [9.17, 15) is 4.79 Å². The molecule has 22 heavy (non-hydrogen) atoms. The summed E-state index contributed by atoms with van der Waals surface area (Å²) >= 11 is 9.51. The summed E-state index contributed by atoms with van der Waals surface area (Å²) in [6.07, 6.45) is 0. The normalized spacial score (nSPS) is 10.4. The third kappa shape index (κ3) is 4.28. The Labute approximate surface area is 158 Å². The van der Waals surface area contributed by atoms with Crippen molar-refractivity contribution < 1.29 is 34.6 Å². The van der Waals surface area contributed by atoms with Gasteiger partial charge in [-0.2, -0.15) is 0 Å². The quantitative estimate of drug-likeness (QED) is 0.567. The second-order valence-corrected chi connectivity index (χ2v) is 6.64. The van der Waals surface area contributed by atoms with Gasteiger partial charge in [-0.3, -0.25) is 4.79 Å². The monoisotopic (exact) mass is 394 g/mol. The van der Waals surface area contributed by atoms with E-state index in [4.69, 9.17) is 21.1 Å². The SMILES string of the molecule is COc1c(Cl)cc(Br)c(OC)c1C(=O)Pc1ccccc1.[H-].[Li+]. The average molecular weight is 396 g/mol. The van der Waals surface area contributed by atoms with Crippen LogP contribution in [-0.2, 0) is 0 Å². The minimum Gasteiger partial charge on any atom is -1.00 e. The van der Waals surface area contributed by atoms with Gasteiger partial charge >= 0.3 is 18.9 Å². The van der Waals surface area contributed by atoms with Crippen LogP contribution in [0.1, 0.15) is 11.8 Å². The predicted octanol–water partition coefficient (Wildman–Crippen LogP) is 1.38. The first kappa shape index (κ1) is 19.6. The number of carbonyl (C=O) groups excluding carboxylic acids is 1. The Morgan fingerprint density at radius 2 is 1.77 bits per heavy atom. The second-order valence-electron chi connectivity index (χ2n) is 4.10. The number of methoxy groups -OCH3 is 2. The van der Waals surface area contributed by atoms with E-state index in [1.807, 2.05) is 30.3 Å². The number of ether oxygens (including phenoxy) is 2. The van der Waals surface area contributed by atoms with Crippen molar-refractivity contribution in [2.24, 2.45) is 0 Å². The molecule has 0 amide bonds. The van der Waals surface area contributed by atoms with Crippen molar-refractivity contribution in [3.63, 3.8) is 0 Å². The number of carbonyl (C=O) groups is 1. The Balaban J connectivity index is 0.00000242. The van der Waals surface area contributed by atoms with Gasteiger partial charge in [-0.1, -0.05) is 41.9 Å². The van der Waals surface area contributed by atoms with Crippen molar-refractivity contribution in [3.05, 3.63) is 51.5 Å². The van der Waals surface area contributed by atoms with Crippen molar-refractivity contribution in [1.29, 1.82) is 0 Å². The van der Waals surface area contributed by atoms with Gasteiger partial charge in [-0.25, -0.2) is 0 Å². The molecule has 0 heterocycles. The number of benzene rings is 2. The van der Waals surface area contributed by atoms with Crippen LogP contribution in [0.15, 0.2) is 40.9 Å². The first-order valence-corrected chi connectivity index (χ1v) is 8.22. The fourth-order valence-corrected chi connectivity index (χ4v) is 3.88. The fourth-order valence-electron chi connectivity index (χ4n) is 1.90. The van der Waals surface area contributed by atoms with Gasteiger partial charge in [0.1, 0.15) is 11.3 Å². The molecule has 0 fully saturated rings. The molecule has 0 saturated carbocycles. The van der Waals surface area contributed by atoms with Crippen molar-refractivity contribution >= 4 is 46.9 Å². The summed E-state index contributed by atoms with van der Waals surface area (Å²) in [5, 5.41) is 1.31. The van der Waals surface area contributed by atoms with Crippen LogP contribution in [0.25, 0.3) is 0 Å². The molecule has 0 aliphatic heterocycles. The van der Waals surface area contributed by atoms with E-state index in [2.05, 4.69) is 15.9 Å². The molecule has 2 rings (SSSR count). The summed E-state index contributed by atoms with van der Waals surface area (Å²) in [6.45, 7) is 0. The molecule has 2 aromatic carbocycles. The van der Waals surface area contributed by atoms with E-state index < -0.39 is 0 Å². The Bertz CT molecular complexity index is 645. The van der Waals surface area contributed by atoms with Crippen molar-refractivity contribution in [1.82, 2.24) is 0 Å². The van der Waals surface area contributed by atoms with Crippen LogP contribution in [-0.4, -0.2) is 19.7 Å².